The Labute approximate surface area is 149 Å². The number of nitrogens with zero attached hydrogens (tertiary/aromatic N) is 3. The summed E-state index contributed by atoms with van der Waals surface area (Å²) in [5, 5.41) is 13.4. The van der Waals surface area contributed by atoms with Crippen molar-refractivity contribution >= 4 is 11.7 Å². The molecule has 1 aromatic heterocycles. The standard InChI is InChI=1S/C18H28N4O3/c23-15(14-21-9-11-25-12-10-21)13-20-17-16(5-4-6-19-17)18(24)22-7-2-1-3-8-22/h4-6,15,23H,1-3,7-14H2,(H,19,20). The van der Waals surface area contributed by atoms with Gasteiger partial charge in [0.05, 0.1) is 24.9 Å². The molecule has 2 saturated heterocycles. The molecule has 1 aromatic rings. The summed E-state index contributed by atoms with van der Waals surface area (Å²) in [7, 11) is 0. The minimum atomic E-state index is -0.516. The largest absolute Gasteiger partial charge is 0.390 e. The number of carbonyl (C=O) groups is 1. The molecule has 1 amide bonds. The molecule has 0 spiro atoms. The number of piperidine rings is 1. The Balaban J connectivity index is 1.55. The van der Waals surface area contributed by atoms with Crippen LogP contribution in [0.4, 0.5) is 5.82 Å². The lowest BCUT2D eigenvalue weighted by atomic mass is 10.1. The molecule has 2 fully saturated rings. The molecule has 25 heavy (non-hydrogen) atoms. The minimum absolute atomic E-state index is 0.0259. The van der Waals surface area contributed by atoms with E-state index in [0.29, 0.717) is 24.5 Å². The Bertz CT molecular complexity index is 557. The lowest BCUT2D eigenvalue weighted by Crippen LogP contribution is -2.42. The molecule has 3 rings (SSSR count). The number of amides is 1. The third-order valence-electron chi connectivity index (χ3n) is 4.76. The quantitative estimate of drug-likeness (QED) is 0.792. The third kappa shape index (κ3) is 5.14. The number of morpholine rings is 1. The zero-order valence-electron chi connectivity index (χ0n) is 14.7. The van der Waals surface area contributed by atoms with Crippen LogP contribution in [-0.4, -0.2) is 84.4 Å². The van der Waals surface area contributed by atoms with E-state index in [0.717, 1.165) is 52.2 Å². The number of ether oxygens (including phenoxy) is 1. The van der Waals surface area contributed by atoms with Crippen LogP contribution in [0.5, 0.6) is 0 Å². The Morgan fingerprint density at radius 2 is 2.00 bits per heavy atom. The van der Waals surface area contributed by atoms with E-state index in [2.05, 4.69) is 15.2 Å². The number of nitrogens with one attached hydrogen (secondary N) is 1. The zero-order valence-corrected chi connectivity index (χ0v) is 14.7. The Kier molecular flexibility index (Phi) is 6.61. The van der Waals surface area contributed by atoms with Crippen LogP contribution in [0.3, 0.4) is 0 Å². The fourth-order valence-corrected chi connectivity index (χ4v) is 3.35. The number of aliphatic hydroxyl groups is 1. The molecule has 0 aromatic carbocycles. The molecular formula is C18H28N4O3. The lowest BCUT2D eigenvalue weighted by Gasteiger charge is -2.29. The molecule has 7 nitrogen and oxygen atoms in total. The van der Waals surface area contributed by atoms with Gasteiger partial charge in [-0.25, -0.2) is 4.98 Å². The highest BCUT2D eigenvalue weighted by Crippen LogP contribution is 2.18. The molecule has 0 saturated carbocycles. The highest BCUT2D eigenvalue weighted by molar-refractivity contribution is 5.98. The number of hydrogen-bond acceptors (Lipinski definition) is 6. The first-order valence-electron chi connectivity index (χ1n) is 9.20. The van der Waals surface area contributed by atoms with Crippen LogP contribution >= 0.6 is 0 Å². The SMILES string of the molecule is O=C(c1cccnc1NCC(O)CN1CCOCC1)N1CCCCC1. The molecule has 2 aliphatic rings. The van der Waals surface area contributed by atoms with Gasteiger partial charge < -0.3 is 20.1 Å². The molecule has 0 aliphatic carbocycles. The van der Waals surface area contributed by atoms with E-state index >= 15 is 0 Å². The van der Waals surface area contributed by atoms with Crippen LogP contribution in [0.2, 0.25) is 0 Å². The predicted molar refractivity (Wildman–Crippen MR) is 95.7 cm³/mol. The van der Waals surface area contributed by atoms with Crippen LogP contribution in [-0.2, 0) is 4.74 Å². The van der Waals surface area contributed by atoms with Crippen LogP contribution in [0.25, 0.3) is 0 Å². The van der Waals surface area contributed by atoms with Crippen molar-refractivity contribution in [1.82, 2.24) is 14.8 Å². The number of likely N-dealkylation sites (tertiary alicyclic amines) is 1. The van der Waals surface area contributed by atoms with E-state index in [-0.39, 0.29) is 5.91 Å². The van der Waals surface area contributed by atoms with Gasteiger partial charge >= 0.3 is 0 Å². The normalized spacial score (nSPS) is 20.3. The van der Waals surface area contributed by atoms with Crippen molar-refractivity contribution < 1.29 is 14.6 Å². The highest BCUT2D eigenvalue weighted by Gasteiger charge is 2.22. The number of carbonyl (C=O) groups excluding carboxylic acids is 1. The van der Waals surface area contributed by atoms with Gasteiger partial charge in [-0.2, -0.15) is 0 Å². The molecule has 0 bridgehead atoms. The predicted octanol–water partition coefficient (Wildman–Crippen LogP) is 0.813. The number of hydrogen-bond donors (Lipinski definition) is 2. The first-order chi connectivity index (χ1) is 12.2. The van der Waals surface area contributed by atoms with Gasteiger partial charge in [0.25, 0.3) is 5.91 Å². The number of anilines is 1. The molecule has 2 N–H and O–H groups in total. The zero-order chi connectivity index (χ0) is 17.5. The molecular weight excluding hydrogens is 320 g/mol. The van der Waals surface area contributed by atoms with Gasteiger partial charge in [0.1, 0.15) is 5.82 Å². The lowest BCUT2D eigenvalue weighted by molar-refractivity contribution is 0.0171. The van der Waals surface area contributed by atoms with Gasteiger partial charge in [0, 0.05) is 45.5 Å². The summed E-state index contributed by atoms with van der Waals surface area (Å²) in [5.74, 6) is 0.581. The van der Waals surface area contributed by atoms with Crippen molar-refractivity contribution in [2.24, 2.45) is 0 Å². The molecule has 3 heterocycles. The number of pyridine rings is 1. The maximum absolute atomic E-state index is 12.7. The Hall–Kier alpha value is -1.70. The first-order valence-corrected chi connectivity index (χ1v) is 9.20. The van der Waals surface area contributed by atoms with Crippen LogP contribution in [0.1, 0.15) is 29.6 Å². The molecule has 0 radical (unpaired) electrons. The van der Waals surface area contributed by atoms with Crippen molar-refractivity contribution in [3.05, 3.63) is 23.9 Å². The first kappa shape index (κ1) is 18.1. The van der Waals surface area contributed by atoms with Crippen LogP contribution in [0.15, 0.2) is 18.3 Å². The number of aromatic nitrogens is 1. The van der Waals surface area contributed by atoms with Crippen molar-refractivity contribution in [1.29, 1.82) is 0 Å². The smallest absolute Gasteiger partial charge is 0.257 e. The van der Waals surface area contributed by atoms with E-state index < -0.39 is 6.10 Å². The van der Waals surface area contributed by atoms with E-state index in [4.69, 9.17) is 4.74 Å². The number of β-amino-alcohol motifs (C(OH)–C–C–N with tert-alkyl or cyclic N) is 1. The Morgan fingerprint density at radius 1 is 1.24 bits per heavy atom. The second-order valence-electron chi connectivity index (χ2n) is 6.70. The fraction of sp³-hybridized carbons (Fsp3) is 0.667. The van der Waals surface area contributed by atoms with Gasteiger partial charge in [0.15, 0.2) is 0 Å². The molecule has 7 heteroatoms. The van der Waals surface area contributed by atoms with Gasteiger partial charge in [-0.15, -0.1) is 0 Å². The maximum Gasteiger partial charge on any atom is 0.257 e. The summed E-state index contributed by atoms with van der Waals surface area (Å²) in [5.41, 5.74) is 0.586. The topological polar surface area (TPSA) is 77.9 Å². The summed E-state index contributed by atoms with van der Waals surface area (Å²) in [6, 6.07) is 3.59. The van der Waals surface area contributed by atoms with Crippen LogP contribution in [0, 0.1) is 0 Å². The van der Waals surface area contributed by atoms with E-state index in [1.165, 1.54) is 6.42 Å². The van der Waals surface area contributed by atoms with E-state index in [1.807, 2.05) is 4.90 Å². The summed E-state index contributed by atoms with van der Waals surface area (Å²) in [6.45, 7) is 5.72. The van der Waals surface area contributed by atoms with Crippen molar-refractivity contribution in [2.75, 3.05) is 57.8 Å². The van der Waals surface area contributed by atoms with Gasteiger partial charge in [-0.05, 0) is 31.4 Å². The summed E-state index contributed by atoms with van der Waals surface area (Å²) >= 11 is 0. The van der Waals surface area contributed by atoms with E-state index in [9.17, 15) is 9.90 Å². The van der Waals surface area contributed by atoms with Gasteiger partial charge in [0.2, 0.25) is 0 Å². The van der Waals surface area contributed by atoms with E-state index in [1.54, 1.807) is 18.3 Å². The average Bonchev–Trinajstić information content (AvgIpc) is 2.67. The number of aliphatic hydroxyl groups excluding tert-OH is 1. The van der Waals surface area contributed by atoms with Crippen molar-refractivity contribution in [2.45, 2.75) is 25.4 Å². The van der Waals surface area contributed by atoms with Gasteiger partial charge in [-0.3, -0.25) is 9.69 Å². The number of rotatable bonds is 6. The molecule has 1 atom stereocenters. The van der Waals surface area contributed by atoms with Crippen LogP contribution < -0.4 is 5.32 Å². The molecule has 2 aliphatic heterocycles. The summed E-state index contributed by atoms with van der Waals surface area (Å²) < 4.78 is 5.32. The summed E-state index contributed by atoms with van der Waals surface area (Å²) in [6.07, 6.45) is 4.47. The van der Waals surface area contributed by atoms with Crippen molar-refractivity contribution in [3.8, 4) is 0 Å². The monoisotopic (exact) mass is 348 g/mol. The summed E-state index contributed by atoms with van der Waals surface area (Å²) in [4.78, 5) is 21.1. The van der Waals surface area contributed by atoms with Gasteiger partial charge in [-0.1, -0.05) is 0 Å². The maximum atomic E-state index is 12.7. The second-order valence-corrected chi connectivity index (χ2v) is 6.70. The highest BCUT2D eigenvalue weighted by atomic mass is 16.5. The Morgan fingerprint density at radius 3 is 2.76 bits per heavy atom. The fourth-order valence-electron chi connectivity index (χ4n) is 3.35. The minimum Gasteiger partial charge on any atom is -0.390 e. The van der Waals surface area contributed by atoms with Crippen molar-refractivity contribution in [3.63, 3.8) is 0 Å². The molecule has 138 valence electrons. The average molecular weight is 348 g/mol. The second kappa shape index (κ2) is 9.12. The third-order valence-corrected chi connectivity index (χ3v) is 4.76. The molecule has 1 unspecified atom stereocenters.